The van der Waals surface area contributed by atoms with E-state index in [0.29, 0.717) is 5.46 Å². The van der Waals surface area contributed by atoms with Gasteiger partial charge in [-0.05, 0) is 64.6 Å². The molecule has 5 aromatic rings. The first kappa shape index (κ1) is 17.7. The molecule has 0 fully saturated rings. The maximum atomic E-state index is 9.44. The van der Waals surface area contributed by atoms with Crippen molar-refractivity contribution in [2.24, 2.45) is 0 Å². The van der Waals surface area contributed by atoms with E-state index in [0.717, 1.165) is 22.3 Å². The highest BCUT2D eigenvalue weighted by Crippen LogP contribution is 2.37. The van der Waals surface area contributed by atoms with E-state index in [1.165, 1.54) is 27.1 Å². The molecule has 0 saturated heterocycles. The van der Waals surface area contributed by atoms with Gasteiger partial charge in [-0.15, -0.1) is 0 Å². The highest BCUT2D eigenvalue weighted by Gasteiger charge is 2.17. The summed E-state index contributed by atoms with van der Waals surface area (Å²) in [5.74, 6) is 0. The lowest BCUT2D eigenvalue weighted by Crippen LogP contribution is -2.29. The fraction of sp³-hybridized carbons (Fsp3) is 0.0400. The predicted octanol–water partition coefficient (Wildman–Crippen LogP) is 4.57. The van der Waals surface area contributed by atoms with Crippen LogP contribution < -0.4 is 5.46 Å². The molecule has 0 radical (unpaired) electrons. The van der Waals surface area contributed by atoms with Crippen LogP contribution in [0.2, 0.25) is 0 Å². The molecule has 0 unspecified atom stereocenters. The van der Waals surface area contributed by atoms with Crippen LogP contribution in [-0.2, 0) is 0 Å². The van der Waals surface area contributed by atoms with Crippen molar-refractivity contribution in [3.8, 4) is 5.69 Å². The van der Waals surface area contributed by atoms with Crippen LogP contribution in [0, 0.1) is 6.92 Å². The van der Waals surface area contributed by atoms with Gasteiger partial charge < -0.3 is 14.6 Å². The van der Waals surface area contributed by atoms with Crippen LogP contribution >= 0.6 is 0 Å². The summed E-state index contributed by atoms with van der Waals surface area (Å²) in [4.78, 5) is 0. The zero-order valence-electron chi connectivity index (χ0n) is 16.1. The van der Waals surface area contributed by atoms with Crippen LogP contribution in [0.1, 0.15) is 11.1 Å². The number of rotatable bonds is 3. The molecule has 140 valence electrons. The Labute approximate surface area is 169 Å². The summed E-state index contributed by atoms with van der Waals surface area (Å²) in [7, 11) is -1.47. The monoisotopic (exact) mass is 377 g/mol. The topological polar surface area (TPSA) is 45.4 Å². The summed E-state index contributed by atoms with van der Waals surface area (Å²) >= 11 is 0. The molecule has 0 aliphatic rings. The minimum absolute atomic E-state index is 0.475. The molecular formula is C25H20BNO2. The first-order chi connectivity index (χ1) is 14.1. The van der Waals surface area contributed by atoms with Gasteiger partial charge in [0.1, 0.15) is 0 Å². The summed E-state index contributed by atoms with van der Waals surface area (Å²) in [6.45, 7) is 6.17. The average molecular weight is 377 g/mol. The molecule has 0 spiro atoms. The van der Waals surface area contributed by atoms with Crippen molar-refractivity contribution in [1.82, 2.24) is 4.57 Å². The normalized spacial score (nSPS) is 11.4. The molecule has 0 aliphatic carbocycles. The summed E-state index contributed by atoms with van der Waals surface area (Å²) in [5.41, 5.74) is 6.01. The molecule has 3 nitrogen and oxygen atoms in total. The summed E-state index contributed by atoms with van der Waals surface area (Å²) in [6, 6.07) is 24.5. The van der Waals surface area contributed by atoms with E-state index in [2.05, 4.69) is 66.6 Å². The molecule has 5 rings (SSSR count). The standard InChI is InChI=1S/C25H20BNO2/c1-3-21-16(2)8-13-23-25(21)22-14-17-6-4-5-7-18(17)15-24(22)27(23)20-11-9-19(10-12-20)26(28)29/h3-15,28-29H,1H2,2H3. The largest absolute Gasteiger partial charge is 0.488 e. The second-order valence-electron chi connectivity index (χ2n) is 7.41. The van der Waals surface area contributed by atoms with E-state index >= 15 is 0 Å². The van der Waals surface area contributed by atoms with Crippen molar-refractivity contribution in [2.75, 3.05) is 0 Å². The van der Waals surface area contributed by atoms with Crippen LogP contribution in [0.5, 0.6) is 0 Å². The molecule has 4 heteroatoms. The number of nitrogens with zero attached hydrogens (tertiary/aromatic N) is 1. The van der Waals surface area contributed by atoms with E-state index in [9.17, 15) is 10.0 Å². The first-order valence-electron chi connectivity index (χ1n) is 9.64. The number of benzene rings is 4. The van der Waals surface area contributed by atoms with Gasteiger partial charge in [-0.1, -0.05) is 55.1 Å². The Bertz CT molecular complexity index is 1400. The minimum atomic E-state index is -1.47. The third-order valence-corrected chi connectivity index (χ3v) is 5.71. The van der Waals surface area contributed by atoms with Gasteiger partial charge in [0.25, 0.3) is 0 Å². The Morgan fingerprint density at radius 2 is 1.55 bits per heavy atom. The van der Waals surface area contributed by atoms with Gasteiger partial charge in [0.2, 0.25) is 0 Å². The van der Waals surface area contributed by atoms with Gasteiger partial charge in [-0.3, -0.25) is 0 Å². The second-order valence-corrected chi connectivity index (χ2v) is 7.41. The van der Waals surface area contributed by atoms with Crippen LogP contribution in [0.3, 0.4) is 0 Å². The minimum Gasteiger partial charge on any atom is -0.423 e. The van der Waals surface area contributed by atoms with Crippen molar-refractivity contribution in [2.45, 2.75) is 6.92 Å². The molecule has 2 N–H and O–H groups in total. The van der Waals surface area contributed by atoms with E-state index in [1.54, 1.807) is 12.1 Å². The Balaban J connectivity index is 1.95. The number of aromatic nitrogens is 1. The number of aryl methyl sites for hydroxylation is 1. The SMILES string of the molecule is C=Cc1c(C)ccc2c1c1cc3ccccc3cc1n2-c1ccc(B(O)O)cc1. The van der Waals surface area contributed by atoms with Crippen LogP contribution in [0.4, 0.5) is 0 Å². The Hall–Kier alpha value is -3.34. The van der Waals surface area contributed by atoms with Gasteiger partial charge >= 0.3 is 7.12 Å². The lowest BCUT2D eigenvalue weighted by molar-refractivity contribution is 0.426. The van der Waals surface area contributed by atoms with Gasteiger partial charge in [-0.2, -0.15) is 0 Å². The third kappa shape index (κ3) is 2.69. The van der Waals surface area contributed by atoms with Crippen molar-refractivity contribution in [3.05, 3.63) is 90.5 Å². The van der Waals surface area contributed by atoms with Crippen LogP contribution in [0.25, 0.3) is 44.3 Å². The fourth-order valence-corrected chi connectivity index (χ4v) is 4.26. The maximum absolute atomic E-state index is 9.44. The molecule has 29 heavy (non-hydrogen) atoms. The second kappa shape index (κ2) is 6.62. The summed E-state index contributed by atoms with van der Waals surface area (Å²) in [5, 5.41) is 23.6. The molecular weight excluding hydrogens is 357 g/mol. The van der Waals surface area contributed by atoms with Gasteiger partial charge in [0.15, 0.2) is 0 Å². The van der Waals surface area contributed by atoms with E-state index in [1.807, 2.05) is 18.2 Å². The quantitative estimate of drug-likeness (QED) is 0.453. The van der Waals surface area contributed by atoms with Crippen LogP contribution in [0.15, 0.2) is 79.4 Å². The maximum Gasteiger partial charge on any atom is 0.488 e. The Kier molecular flexibility index (Phi) is 4.05. The average Bonchev–Trinajstić information content (AvgIpc) is 3.05. The van der Waals surface area contributed by atoms with E-state index in [4.69, 9.17) is 0 Å². The van der Waals surface area contributed by atoms with Crippen molar-refractivity contribution in [1.29, 1.82) is 0 Å². The molecule has 1 aromatic heterocycles. The molecule has 1 heterocycles. The van der Waals surface area contributed by atoms with Crippen molar-refractivity contribution < 1.29 is 10.0 Å². The lowest BCUT2D eigenvalue weighted by Gasteiger charge is -2.10. The molecule has 0 saturated carbocycles. The molecule has 0 amide bonds. The summed E-state index contributed by atoms with van der Waals surface area (Å²) in [6.07, 6.45) is 1.93. The zero-order chi connectivity index (χ0) is 20.1. The molecule has 0 aliphatic heterocycles. The zero-order valence-corrected chi connectivity index (χ0v) is 16.1. The number of fused-ring (bicyclic) bond motifs is 4. The number of hydrogen-bond donors (Lipinski definition) is 2. The highest BCUT2D eigenvalue weighted by molar-refractivity contribution is 6.58. The predicted molar refractivity (Wildman–Crippen MR) is 123 cm³/mol. The lowest BCUT2D eigenvalue weighted by atomic mass is 9.80. The fourth-order valence-electron chi connectivity index (χ4n) is 4.26. The molecule has 0 bridgehead atoms. The summed E-state index contributed by atoms with van der Waals surface area (Å²) < 4.78 is 2.23. The van der Waals surface area contributed by atoms with E-state index in [-0.39, 0.29) is 0 Å². The van der Waals surface area contributed by atoms with Crippen molar-refractivity contribution >= 4 is 51.2 Å². The third-order valence-electron chi connectivity index (χ3n) is 5.71. The Morgan fingerprint density at radius 1 is 0.862 bits per heavy atom. The highest BCUT2D eigenvalue weighted by atomic mass is 16.4. The number of hydrogen-bond acceptors (Lipinski definition) is 2. The molecule has 4 aromatic carbocycles. The molecule has 0 atom stereocenters. The van der Waals surface area contributed by atoms with Gasteiger partial charge in [0, 0.05) is 16.5 Å². The van der Waals surface area contributed by atoms with Gasteiger partial charge in [0.05, 0.1) is 11.0 Å². The van der Waals surface area contributed by atoms with Crippen molar-refractivity contribution in [3.63, 3.8) is 0 Å². The first-order valence-corrected chi connectivity index (χ1v) is 9.64. The smallest absolute Gasteiger partial charge is 0.423 e. The van der Waals surface area contributed by atoms with Crippen LogP contribution in [-0.4, -0.2) is 21.7 Å². The Morgan fingerprint density at radius 3 is 2.21 bits per heavy atom. The van der Waals surface area contributed by atoms with Gasteiger partial charge in [-0.25, -0.2) is 0 Å². The van der Waals surface area contributed by atoms with E-state index < -0.39 is 7.12 Å².